The molecule has 3 heteroatoms. The zero-order valence-corrected chi connectivity index (χ0v) is 9.43. The Morgan fingerprint density at radius 2 is 2.38 bits per heavy atom. The summed E-state index contributed by atoms with van der Waals surface area (Å²) < 4.78 is 0.997. The average Bonchev–Trinajstić information content (AvgIpc) is 2.08. The van der Waals surface area contributed by atoms with Crippen LogP contribution in [0.2, 0.25) is 0 Å². The Morgan fingerprint density at radius 1 is 1.62 bits per heavy atom. The number of hydrogen-bond donors (Lipinski definition) is 1. The van der Waals surface area contributed by atoms with Crippen molar-refractivity contribution in [2.24, 2.45) is 0 Å². The molecule has 70 valence electrons. The molecule has 0 fully saturated rings. The van der Waals surface area contributed by atoms with Gasteiger partial charge in [-0.05, 0) is 35.8 Å². The van der Waals surface area contributed by atoms with E-state index in [1.807, 2.05) is 6.07 Å². The fourth-order valence-electron chi connectivity index (χ4n) is 0.884. The van der Waals surface area contributed by atoms with Crippen molar-refractivity contribution in [1.29, 1.82) is 0 Å². The summed E-state index contributed by atoms with van der Waals surface area (Å²) in [7, 11) is 0. The van der Waals surface area contributed by atoms with Crippen LogP contribution in [0, 0.1) is 0 Å². The second-order valence-electron chi connectivity index (χ2n) is 3.02. The number of aromatic nitrogens is 1. The monoisotopic (exact) mass is 240 g/mol. The van der Waals surface area contributed by atoms with Gasteiger partial charge in [-0.15, -0.1) is 0 Å². The molecule has 0 saturated carbocycles. The molecule has 1 aromatic heterocycles. The third-order valence-corrected chi connectivity index (χ3v) is 2.21. The molecule has 0 aliphatic carbocycles. The molecule has 0 aromatic carbocycles. The van der Waals surface area contributed by atoms with E-state index >= 15 is 0 Å². The molecule has 0 bridgehead atoms. The third-order valence-electron chi connectivity index (χ3n) is 1.58. The van der Waals surface area contributed by atoms with Crippen LogP contribution in [0.25, 0.3) is 0 Å². The molecule has 1 rings (SSSR count). The molecule has 0 radical (unpaired) electrons. The van der Waals surface area contributed by atoms with E-state index in [9.17, 15) is 0 Å². The van der Waals surface area contributed by atoms with Gasteiger partial charge in [-0.2, -0.15) is 0 Å². The molecule has 0 unspecified atom stereocenters. The third kappa shape index (κ3) is 3.59. The van der Waals surface area contributed by atoms with Gasteiger partial charge in [0.25, 0.3) is 0 Å². The highest BCUT2D eigenvalue weighted by Crippen LogP contribution is 2.19. The molecule has 13 heavy (non-hydrogen) atoms. The maximum Gasteiger partial charge on any atom is 0.0590 e. The van der Waals surface area contributed by atoms with E-state index in [2.05, 4.69) is 46.2 Å². The molecule has 1 aromatic rings. The normalized spacial score (nSPS) is 9.46. The van der Waals surface area contributed by atoms with Gasteiger partial charge in [0.1, 0.15) is 0 Å². The summed E-state index contributed by atoms with van der Waals surface area (Å²) in [5, 5.41) is 3.28. The van der Waals surface area contributed by atoms with E-state index < -0.39 is 0 Å². The van der Waals surface area contributed by atoms with Crippen molar-refractivity contribution in [3.63, 3.8) is 0 Å². The highest BCUT2D eigenvalue weighted by atomic mass is 79.9. The zero-order valence-electron chi connectivity index (χ0n) is 7.84. The lowest BCUT2D eigenvalue weighted by Gasteiger charge is -2.04. The van der Waals surface area contributed by atoms with E-state index in [-0.39, 0.29) is 0 Å². The Kier molecular flexibility index (Phi) is 3.96. The Morgan fingerprint density at radius 3 is 3.00 bits per heavy atom. The molecule has 2 nitrogen and oxygen atoms in total. The maximum atomic E-state index is 3.99. The first-order chi connectivity index (χ1) is 6.20. The fraction of sp³-hybridized carbons (Fsp3) is 0.300. The van der Waals surface area contributed by atoms with Crippen molar-refractivity contribution < 1.29 is 0 Å². The van der Waals surface area contributed by atoms with E-state index in [0.717, 1.165) is 16.7 Å². The number of pyridine rings is 1. The number of anilines is 1. The molecule has 0 aliphatic rings. The minimum Gasteiger partial charge on any atom is -0.381 e. The van der Waals surface area contributed by atoms with Gasteiger partial charge in [-0.3, -0.25) is 4.98 Å². The summed E-state index contributed by atoms with van der Waals surface area (Å²) in [6, 6.07) is 1.95. The highest BCUT2D eigenvalue weighted by molar-refractivity contribution is 9.10. The number of halogens is 1. The highest BCUT2D eigenvalue weighted by Gasteiger charge is 1.95. The van der Waals surface area contributed by atoms with Gasteiger partial charge in [-0.1, -0.05) is 11.6 Å². The van der Waals surface area contributed by atoms with Crippen molar-refractivity contribution >= 4 is 21.6 Å². The van der Waals surface area contributed by atoms with Gasteiger partial charge in [0.2, 0.25) is 0 Å². The number of hydrogen-bond acceptors (Lipinski definition) is 2. The maximum absolute atomic E-state index is 3.99. The van der Waals surface area contributed by atoms with Gasteiger partial charge < -0.3 is 5.32 Å². The van der Waals surface area contributed by atoms with E-state index in [4.69, 9.17) is 0 Å². The second-order valence-corrected chi connectivity index (χ2v) is 3.87. The van der Waals surface area contributed by atoms with Crippen LogP contribution in [-0.2, 0) is 0 Å². The molecular formula is C10H13BrN2. The average molecular weight is 241 g/mol. The van der Waals surface area contributed by atoms with Crippen LogP contribution < -0.4 is 5.32 Å². The number of nitrogens with zero attached hydrogens (tertiary/aromatic N) is 1. The first kappa shape index (κ1) is 10.3. The number of nitrogens with one attached hydrogen (secondary N) is 1. The molecule has 0 atom stereocenters. The zero-order chi connectivity index (χ0) is 9.68. The second kappa shape index (κ2) is 5.02. The Labute approximate surface area is 87.2 Å². The van der Waals surface area contributed by atoms with E-state index in [0.29, 0.717) is 0 Å². The van der Waals surface area contributed by atoms with Crippen molar-refractivity contribution in [1.82, 2.24) is 4.98 Å². The van der Waals surface area contributed by atoms with Crippen LogP contribution >= 0.6 is 15.9 Å². The van der Waals surface area contributed by atoms with Gasteiger partial charge in [0.05, 0.1) is 10.2 Å². The van der Waals surface area contributed by atoms with E-state index in [1.54, 1.807) is 12.4 Å². The SMILES string of the molecule is CC(C)=CCNc1ccncc1Br. The topological polar surface area (TPSA) is 24.9 Å². The van der Waals surface area contributed by atoms with Crippen LogP contribution in [0.15, 0.2) is 34.6 Å². The summed E-state index contributed by atoms with van der Waals surface area (Å²) in [5.41, 5.74) is 2.39. The molecule has 1 heterocycles. The predicted octanol–water partition coefficient (Wildman–Crippen LogP) is 3.22. The fourth-order valence-corrected chi connectivity index (χ4v) is 1.27. The number of allylic oxidation sites excluding steroid dienone is 1. The lowest BCUT2D eigenvalue weighted by atomic mass is 10.3. The molecule has 1 N–H and O–H groups in total. The van der Waals surface area contributed by atoms with Crippen LogP contribution in [0.4, 0.5) is 5.69 Å². The van der Waals surface area contributed by atoms with E-state index in [1.165, 1.54) is 5.57 Å². The molecule has 0 spiro atoms. The van der Waals surface area contributed by atoms with Crippen LogP contribution in [-0.4, -0.2) is 11.5 Å². The summed E-state index contributed by atoms with van der Waals surface area (Å²) >= 11 is 3.42. The largest absolute Gasteiger partial charge is 0.381 e. The summed E-state index contributed by atoms with van der Waals surface area (Å²) in [6.45, 7) is 5.03. The standard InChI is InChI=1S/C10H13BrN2/c1-8(2)3-6-13-10-4-5-12-7-9(10)11/h3-5,7H,6H2,1-2H3,(H,12,13). The summed E-state index contributed by atoms with van der Waals surface area (Å²) in [4.78, 5) is 3.99. The number of rotatable bonds is 3. The van der Waals surface area contributed by atoms with Gasteiger partial charge >= 0.3 is 0 Å². The minimum atomic E-state index is 0.852. The lowest BCUT2D eigenvalue weighted by molar-refractivity contribution is 1.23. The Hall–Kier alpha value is -0.830. The predicted molar refractivity (Wildman–Crippen MR) is 59.9 cm³/mol. The summed E-state index contributed by atoms with van der Waals surface area (Å²) in [5.74, 6) is 0. The molecular weight excluding hydrogens is 228 g/mol. The smallest absolute Gasteiger partial charge is 0.0590 e. The molecule has 0 aliphatic heterocycles. The van der Waals surface area contributed by atoms with Crippen LogP contribution in [0.1, 0.15) is 13.8 Å². The minimum absolute atomic E-state index is 0.852. The van der Waals surface area contributed by atoms with Gasteiger partial charge in [-0.25, -0.2) is 0 Å². The Bertz CT molecular complexity index is 304. The molecule has 0 saturated heterocycles. The lowest BCUT2D eigenvalue weighted by Crippen LogP contribution is -1.99. The van der Waals surface area contributed by atoms with Crippen molar-refractivity contribution in [3.8, 4) is 0 Å². The van der Waals surface area contributed by atoms with Gasteiger partial charge in [0.15, 0.2) is 0 Å². The molecule has 0 amide bonds. The van der Waals surface area contributed by atoms with Gasteiger partial charge in [0, 0.05) is 18.9 Å². The summed E-state index contributed by atoms with van der Waals surface area (Å²) in [6.07, 6.45) is 5.70. The van der Waals surface area contributed by atoms with Crippen LogP contribution in [0.3, 0.4) is 0 Å². The Balaban J connectivity index is 2.55. The van der Waals surface area contributed by atoms with Crippen molar-refractivity contribution in [2.45, 2.75) is 13.8 Å². The first-order valence-electron chi connectivity index (χ1n) is 4.17. The van der Waals surface area contributed by atoms with Crippen molar-refractivity contribution in [3.05, 3.63) is 34.6 Å². The quantitative estimate of drug-likeness (QED) is 0.822. The van der Waals surface area contributed by atoms with Crippen molar-refractivity contribution in [2.75, 3.05) is 11.9 Å². The first-order valence-corrected chi connectivity index (χ1v) is 4.96. The van der Waals surface area contributed by atoms with Crippen LogP contribution in [0.5, 0.6) is 0 Å².